The fourth-order valence-electron chi connectivity index (χ4n) is 3.68. The van der Waals surface area contributed by atoms with Crippen LogP contribution in [0.4, 0.5) is 0 Å². The number of hydrogen-bond donors (Lipinski definition) is 1. The molecule has 1 aliphatic carbocycles. The van der Waals surface area contributed by atoms with E-state index in [-0.39, 0.29) is 11.9 Å². The largest absolute Gasteiger partial charge is 0.467 e. The number of nitrogens with one attached hydrogen (secondary N) is 1. The molecule has 2 aromatic rings. The Bertz CT molecular complexity index is 654. The predicted molar refractivity (Wildman–Crippen MR) is 92.7 cm³/mol. The fourth-order valence-corrected chi connectivity index (χ4v) is 3.68. The molecule has 3 rings (SSSR count). The highest BCUT2D eigenvalue weighted by Gasteiger charge is 2.21. The molecule has 0 bridgehead atoms. The number of nitrogens with zero attached hydrogens (tertiary/aromatic N) is 2. The van der Waals surface area contributed by atoms with Gasteiger partial charge in [0.25, 0.3) is 0 Å². The molecule has 24 heavy (non-hydrogen) atoms. The fraction of sp³-hybridized carbons (Fsp3) is 0.579. The zero-order chi connectivity index (χ0) is 16.9. The summed E-state index contributed by atoms with van der Waals surface area (Å²) in [5.74, 6) is 1.69. The molecular formula is C19H27N3O2. The molecule has 2 aromatic heterocycles. The SMILES string of the molecule is Cc1cc(C)n(C(CNC(=O)CCC2CCCC2)c2ccco2)n1. The molecule has 1 unspecified atom stereocenters. The number of carbonyl (C=O) groups is 1. The number of furan rings is 1. The van der Waals surface area contributed by atoms with Crippen LogP contribution in [0.2, 0.25) is 0 Å². The Labute approximate surface area is 143 Å². The van der Waals surface area contributed by atoms with E-state index in [2.05, 4.69) is 10.4 Å². The van der Waals surface area contributed by atoms with Gasteiger partial charge in [0.1, 0.15) is 11.8 Å². The quantitative estimate of drug-likeness (QED) is 0.841. The van der Waals surface area contributed by atoms with E-state index in [0.717, 1.165) is 29.5 Å². The van der Waals surface area contributed by atoms with Crippen LogP contribution in [-0.4, -0.2) is 22.2 Å². The first-order valence-corrected chi connectivity index (χ1v) is 8.96. The number of aryl methyl sites for hydroxylation is 2. The van der Waals surface area contributed by atoms with Gasteiger partial charge in [-0.15, -0.1) is 0 Å². The van der Waals surface area contributed by atoms with Gasteiger partial charge in [0.05, 0.1) is 12.0 Å². The van der Waals surface area contributed by atoms with E-state index in [0.29, 0.717) is 13.0 Å². The second-order valence-electron chi connectivity index (χ2n) is 6.90. The Morgan fingerprint density at radius 1 is 1.42 bits per heavy atom. The minimum Gasteiger partial charge on any atom is -0.467 e. The zero-order valence-electron chi connectivity index (χ0n) is 14.6. The van der Waals surface area contributed by atoms with Crippen molar-refractivity contribution in [1.82, 2.24) is 15.1 Å². The van der Waals surface area contributed by atoms with Crippen molar-refractivity contribution in [2.75, 3.05) is 6.54 Å². The monoisotopic (exact) mass is 329 g/mol. The Morgan fingerprint density at radius 3 is 2.83 bits per heavy atom. The number of rotatable bonds is 7. The van der Waals surface area contributed by atoms with E-state index in [1.165, 1.54) is 25.7 Å². The summed E-state index contributed by atoms with van der Waals surface area (Å²) < 4.78 is 7.51. The summed E-state index contributed by atoms with van der Waals surface area (Å²) in [5.41, 5.74) is 2.03. The summed E-state index contributed by atoms with van der Waals surface area (Å²) in [5, 5.41) is 7.63. The molecule has 1 amide bonds. The van der Waals surface area contributed by atoms with Crippen molar-refractivity contribution in [1.29, 1.82) is 0 Å². The molecule has 1 fully saturated rings. The number of hydrogen-bond acceptors (Lipinski definition) is 3. The maximum absolute atomic E-state index is 12.2. The van der Waals surface area contributed by atoms with Crippen molar-refractivity contribution in [2.45, 2.75) is 58.4 Å². The van der Waals surface area contributed by atoms with Crippen molar-refractivity contribution in [3.8, 4) is 0 Å². The van der Waals surface area contributed by atoms with Crippen LogP contribution < -0.4 is 5.32 Å². The molecule has 0 saturated heterocycles. The van der Waals surface area contributed by atoms with E-state index in [9.17, 15) is 4.79 Å². The minimum absolute atomic E-state index is 0.107. The van der Waals surface area contributed by atoms with Crippen LogP contribution in [0, 0.1) is 19.8 Å². The van der Waals surface area contributed by atoms with E-state index >= 15 is 0 Å². The Kier molecular flexibility index (Phi) is 5.38. The van der Waals surface area contributed by atoms with Gasteiger partial charge in [0.15, 0.2) is 0 Å². The third-order valence-electron chi connectivity index (χ3n) is 4.96. The zero-order valence-corrected chi connectivity index (χ0v) is 14.6. The van der Waals surface area contributed by atoms with Crippen LogP contribution in [-0.2, 0) is 4.79 Å². The molecular weight excluding hydrogens is 302 g/mol. The summed E-state index contributed by atoms with van der Waals surface area (Å²) in [6.07, 6.45) is 8.51. The van der Waals surface area contributed by atoms with E-state index in [4.69, 9.17) is 4.42 Å². The highest BCUT2D eigenvalue weighted by molar-refractivity contribution is 5.75. The molecule has 0 aliphatic heterocycles. The first-order valence-electron chi connectivity index (χ1n) is 8.96. The second kappa shape index (κ2) is 7.69. The summed E-state index contributed by atoms with van der Waals surface area (Å²) in [7, 11) is 0. The van der Waals surface area contributed by atoms with Crippen LogP contribution in [0.3, 0.4) is 0 Å². The van der Waals surface area contributed by atoms with Crippen molar-refractivity contribution >= 4 is 5.91 Å². The van der Waals surface area contributed by atoms with Gasteiger partial charge in [-0.1, -0.05) is 25.7 Å². The van der Waals surface area contributed by atoms with E-state index in [1.807, 2.05) is 36.7 Å². The van der Waals surface area contributed by atoms with Crippen molar-refractivity contribution < 1.29 is 9.21 Å². The molecule has 1 atom stereocenters. The van der Waals surface area contributed by atoms with Gasteiger partial charge in [0, 0.05) is 18.7 Å². The molecule has 5 heteroatoms. The Balaban J connectivity index is 1.60. The number of amides is 1. The van der Waals surface area contributed by atoms with Gasteiger partial charge < -0.3 is 9.73 Å². The molecule has 1 N–H and O–H groups in total. The van der Waals surface area contributed by atoms with Crippen LogP contribution >= 0.6 is 0 Å². The Hall–Kier alpha value is -2.04. The topological polar surface area (TPSA) is 60.1 Å². The second-order valence-corrected chi connectivity index (χ2v) is 6.90. The van der Waals surface area contributed by atoms with Gasteiger partial charge in [0.2, 0.25) is 5.91 Å². The standard InChI is InChI=1S/C19H27N3O2/c1-14-12-15(2)22(21-14)17(18-8-5-11-24-18)13-20-19(23)10-9-16-6-3-4-7-16/h5,8,11-12,16-17H,3-4,6-7,9-10,13H2,1-2H3,(H,20,23). The van der Waals surface area contributed by atoms with Gasteiger partial charge in [-0.25, -0.2) is 0 Å². The van der Waals surface area contributed by atoms with Gasteiger partial charge in [-0.05, 0) is 44.4 Å². The molecule has 0 radical (unpaired) electrons. The Morgan fingerprint density at radius 2 is 2.21 bits per heavy atom. The molecule has 0 spiro atoms. The minimum atomic E-state index is -0.107. The molecule has 0 aromatic carbocycles. The lowest BCUT2D eigenvalue weighted by atomic mass is 10.0. The summed E-state index contributed by atoms with van der Waals surface area (Å²) >= 11 is 0. The first kappa shape index (κ1) is 16.8. The lowest BCUT2D eigenvalue weighted by Crippen LogP contribution is -2.32. The molecule has 5 nitrogen and oxygen atoms in total. The van der Waals surface area contributed by atoms with E-state index in [1.54, 1.807) is 6.26 Å². The lowest BCUT2D eigenvalue weighted by Gasteiger charge is -2.18. The maximum Gasteiger partial charge on any atom is 0.220 e. The third kappa shape index (κ3) is 4.08. The van der Waals surface area contributed by atoms with Crippen LogP contribution in [0.5, 0.6) is 0 Å². The van der Waals surface area contributed by atoms with Crippen LogP contribution in [0.25, 0.3) is 0 Å². The summed E-state index contributed by atoms with van der Waals surface area (Å²) in [6.45, 7) is 4.50. The van der Waals surface area contributed by atoms with Crippen molar-refractivity contribution in [3.63, 3.8) is 0 Å². The highest BCUT2D eigenvalue weighted by atomic mass is 16.3. The van der Waals surface area contributed by atoms with Crippen LogP contribution in [0.15, 0.2) is 28.9 Å². The number of carbonyl (C=O) groups excluding carboxylic acids is 1. The van der Waals surface area contributed by atoms with Crippen molar-refractivity contribution in [3.05, 3.63) is 41.6 Å². The van der Waals surface area contributed by atoms with E-state index < -0.39 is 0 Å². The maximum atomic E-state index is 12.2. The normalized spacial score (nSPS) is 16.4. The van der Waals surface area contributed by atoms with Gasteiger partial charge in [-0.2, -0.15) is 5.10 Å². The highest BCUT2D eigenvalue weighted by Crippen LogP contribution is 2.28. The molecule has 1 aliphatic rings. The first-order chi connectivity index (χ1) is 11.6. The van der Waals surface area contributed by atoms with Crippen molar-refractivity contribution in [2.24, 2.45) is 5.92 Å². The van der Waals surface area contributed by atoms with Crippen LogP contribution in [0.1, 0.15) is 61.7 Å². The average Bonchev–Trinajstić information content (AvgIpc) is 3.29. The molecule has 2 heterocycles. The average molecular weight is 329 g/mol. The van der Waals surface area contributed by atoms with Gasteiger partial charge >= 0.3 is 0 Å². The summed E-state index contributed by atoms with van der Waals surface area (Å²) in [6, 6.07) is 5.74. The molecule has 1 saturated carbocycles. The molecule has 130 valence electrons. The predicted octanol–water partition coefficient (Wildman–Crippen LogP) is 3.77. The third-order valence-corrected chi connectivity index (χ3v) is 4.96. The lowest BCUT2D eigenvalue weighted by molar-refractivity contribution is -0.121. The smallest absolute Gasteiger partial charge is 0.220 e. The van der Waals surface area contributed by atoms with Gasteiger partial charge in [-0.3, -0.25) is 9.48 Å². The number of aromatic nitrogens is 2. The summed E-state index contributed by atoms with van der Waals surface area (Å²) in [4.78, 5) is 12.2.